The smallest absolute Gasteiger partial charge is 0.0471 e. The number of benzene rings is 1. The molecule has 0 spiro atoms. The van der Waals surface area contributed by atoms with E-state index >= 15 is 0 Å². The summed E-state index contributed by atoms with van der Waals surface area (Å²) in [6.07, 6.45) is 2.60. The Labute approximate surface area is 108 Å². The van der Waals surface area contributed by atoms with Crippen molar-refractivity contribution in [3.05, 3.63) is 59.4 Å². The van der Waals surface area contributed by atoms with E-state index in [-0.39, 0.29) is 6.61 Å². The fraction of sp³-hybridized carbons (Fsp3) is 0.267. The number of hydrogen-bond acceptors (Lipinski definition) is 3. The van der Waals surface area contributed by atoms with Crippen molar-refractivity contribution in [2.24, 2.45) is 0 Å². The molecule has 1 aromatic carbocycles. The Morgan fingerprint density at radius 1 is 1.06 bits per heavy atom. The maximum absolute atomic E-state index is 8.84. The van der Waals surface area contributed by atoms with Gasteiger partial charge >= 0.3 is 0 Å². The molecule has 0 aliphatic carbocycles. The predicted molar refractivity (Wildman–Crippen MR) is 73.5 cm³/mol. The average Bonchev–Trinajstić information content (AvgIpc) is 2.40. The topological polar surface area (TPSA) is 45.1 Å². The molecule has 2 aromatic rings. The van der Waals surface area contributed by atoms with Crippen molar-refractivity contribution in [2.75, 3.05) is 11.9 Å². The SMILES string of the molecule is Cc1ccc(CNc2ccc(CCO)cc2)cn1. The molecule has 0 radical (unpaired) electrons. The standard InChI is InChI=1S/C15H18N2O/c1-12-2-3-14(10-16-12)11-17-15-6-4-13(5-7-15)8-9-18/h2-7,10,17-18H,8-9,11H2,1H3. The highest BCUT2D eigenvalue weighted by molar-refractivity contribution is 5.45. The van der Waals surface area contributed by atoms with Crippen LogP contribution in [-0.4, -0.2) is 16.7 Å². The third-order valence-electron chi connectivity index (χ3n) is 2.82. The molecule has 1 heterocycles. The molecule has 2 rings (SSSR count). The fourth-order valence-electron chi connectivity index (χ4n) is 1.73. The number of nitrogens with zero attached hydrogens (tertiary/aromatic N) is 1. The molecule has 0 fully saturated rings. The zero-order chi connectivity index (χ0) is 12.8. The molecule has 0 aliphatic heterocycles. The third-order valence-corrected chi connectivity index (χ3v) is 2.82. The average molecular weight is 242 g/mol. The van der Waals surface area contributed by atoms with Gasteiger partial charge in [-0.25, -0.2) is 0 Å². The van der Waals surface area contributed by atoms with Crippen LogP contribution in [0.15, 0.2) is 42.6 Å². The van der Waals surface area contributed by atoms with Crippen LogP contribution in [0.3, 0.4) is 0 Å². The van der Waals surface area contributed by atoms with Gasteiger partial charge in [-0.2, -0.15) is 0 Å². The summed E-state index contributed by atoms with van der Waals surface area (Å²) < 4.78 is 0. The molecule has 0 saturated heterocycles. The van der Waals surface area contributed by atoms with E-state index in [2.05, 4.69) is 16.4 Å². The minimum atomic E-state index is 0.196. The quantitative estimate of drug-likeness (QED) is 0.847. The summed E-state index contributed by atoms with van der Waals surface area (Å²) in [7, 11) is 0. The van der Waals surface area contributed by atoms with Crippen molar-refractivity contribution < 1.29 is 5.11 Å². The van der Waals surface area contributed by atoms with Crippen molar-refractivity contribution in [3.63, 3.8) is 0 Å². The molecule has 0 saturated carbocycles. The van der Waals surface area contributed by atoms with Gasteiger partial charge in [0.1, 0.15) is 0 Å². The summed E-state index contributed by atoms with van der Waals surface area (Å²) in [5.74, 6) is 0. The molecular weight excluding hydrogens is 224 g/mol. The van der Waals surface area contributed by atoms with Crippen LogP contribution < -0.4 is 5.32 Å². The van der Waals surface area contributed by atoms with Gasteiger partial charge in [0.05, 0.1) is 0 Å². The second-order valence-corrected chi connectivity index (χ2v) is 4.33. The van der Waals surface area contributed by atoms with E-state index in [4.69, 9.17) is 5.11 Å². The first kappa shape index (κ1) is 12.6. The number of aryl methyl sites for hydroxylation is 1. The summed E-state index contributed by atoms with van der Waals surface area (Å²) in [6, 6.07) is 12.2. The van der Waals surface area contributed by atoms with E-state index in [1.807, 2.05) is 43.5 Å². The molecule has 0 amide bonds. The van der Waals surface area contributed by atoms with Crippen molar-refractivity contribution in [1.82, 2.24) is 4.98 Å². The Bertz CT molecular complexity index is 477. The van der Waals surface area contributed by atoms with Gasteiger partial charge in [0.25, 0.3) is 0 Å². The van der Waals surface area contributed by atoms with Crippen LogP contribution in [0, 0.1) is 6.92 Å². The van der Waals surface area contributed by atoms with Crippen molar-refractivity contribution in [1.29, 1.82) is 0 Å². The van der Waals surface area contributed by atoms with Crippen molar-refractivity contribution >= 4 is 5.69 Å². The number of anilines is 1. The summed E-state index contributed by atoms with van der Waals surface area (Å²) in [5, 5.41) is 12.2. The largest absolute Gasteiger partial charge is 0.396 e. The predicted octanol–water partition coefficient (Wildman–Crippen LogP) is 2.54. The third kappa shape index (κ3) is 3.57. The van der Waals surface area contributed by atoms with Gasteiger partial charge in [0.2, 0.25) is 0 Å². The van der Waals surface area contributed by atoms with Gasteiger partial charge in [-0.15, -0.1) is 0 Å². The highest BCUT2D eigenvalue weighted by Crippen LogP contribution is 2.11. The minimum Gasteiger partial charge on any atom is -0.396 e. The zero-order valence-corrected chi connectivity index (χ0v) is 10.6. The van der Waals surface area contributed by atoms with Crippen LogP contribution in [0.25, 0.3) is 0 Å². The number of hydrogen-bond donors (Lipinski definition) is 2. The Morgan fingerprint density at radius 3 is 2.39 bits per heavy atom. The first-order chi connectivity index (χ1) is 8.78. The monoisotopic (exact) mass is 242 g/mol. The lowest BCUT2D eigenvalue weighted by Gasteiger charge is -2.07. The molecule has 1 aromatic heterocycles. The molecule has 3 heteroatoms. The van der Waals surface area contributed by atoms with Gasteiger partial charge in [-0.05, 0) is 42.7 Å². The van der Waals surface area contributed by atoms with Crippen molar-refractivity contribution in [3.8, 4) is 0 Å². The molecule has 0 unspecified atom stereocenters. The molecular formula is C15H18N2O. The molecule has 0 bridgehead atoms. The number of aromatic nitrogens is 1. The summed E-state index contributed by atoms with van der Waals surface area (Å²) in [4.78, 5) is 4.26. The highest BCUT2D eigenvalue weighted by atomic mass is 16.2. The molecule has 0 atom stereocenters. The van der Waals surface area contributed by atoms with Crippen LogP contribution in [0.1, 0.15) is 16.8 Å². The van der Waals surface area contributed by atoms with E-state index in [0.29, 0.717) is 6.42 Å². The highest BCUT2D eigenvalue weighted by Gasteiger charge is 1.96. The summed E-state index contributed by atoms with van der Waals surface area (Å²) in [6.45, 7) is 2.95. The van der Waals surface area contributed by atoms with Gasteiger partial charge < -0.3 is 10.4 Å². The number of pyridine rings is 1. The lowest BCUT2D eigenvalue weighted by atomic mass is 10.1. The van der Waals surface area contributed by atoms with Gasteiger partial charge in [0.15, 0.2) is 0 Å². The van der Waals surface area contributed by atoms with E-state index in [9.17, 15) is 0 Å². The Hall–Kier alpha value is -1.87. The van der Waals surface area contributed by atoms with Crippen LogP contribution in [0.5, 0.6) is 0 Å². The van der Waals surface area contributed by atoms with Crippen LogP contribution in [0.2, 0.25) is 0 Å². The first-order valence-electron chi connectivity index (χ1n) is 6.13. The van der Waals surface area contributed by atoms with Gasteiger partial charge in [0, 0.05) is 30.7 Å². The lowest BCUT2D eigenvalue weighted by Crippen LogP contribution is -2.00. The zero-order valence-electron chi connectivity index (χ0n) is 10.6. The number of aliphatic hydroxyl groups is 1. The van der Waals surface area contributed by atoms with Crippen molar-refractivity contribution in [2.45, 2.75) is 19.9 Å². The first-order valence-corrected chi connectivity index (χ1v) is 6.13. The van der Waals surface area contributed by atoms with Gasteiger partial charge in [-0.1, -0.05) is 18.2 Å². The van der Waals surface area contributed by atoms with E-state index in [0.717, 1.165) is 23.5 Å². The summed E-state index contributed by atoms with van der Waals surface area (Å²) in [5.41, 5.74) is 4.43. The maximum atomic E-state index is 8.84. The Morgan fingerprint density at radius 2 is 1.78 bits per heavy atom. The molecule has 0 aliphatic rings. The van der Waals surface area contributed by atoms with Crippen LogP contribution >= 0.6 is 0 Å². The number of rotatable bonds is 5. The second kappa shape index (κ2) is 6.17. The second-order valence-electron chi connectivity index (χ2n) is 4.33. The molecule has 94 valence electrons. The maximum Gasteiger partial charge on any atom is 0.0471 e. The molecule has 3 nitrogen and oxygen atoms in total. The minimum absolute atomic E-state index is 0.196. The van der Waals surface area contributed by atoms with Crippen LogP contribution in [-0.2, 0) is 13.0 Å². The Kier molecular flexibility index (Phi) is 4.31. The van der Waals surface area contributed by atoms with Crippen LogP contribution in [0.4, 0.5) is 5.69 Å². The number of aliphatic hydroxyl groups excluding tert-OH is 1. The van der Waals surface area contributed by atoms with Gasteiger partial charge in [-0.3, -0.25) is 4.98 Å². The molecule has 2 N–H and O–H groups in total. The van der Waals surface area contributed by atoms with E-state index in [1.54, 1.807) is 0 Å². The lowest BCUT2D eigenvalue weighted by molar-refractivity contribution is 0.299. The fourth-order valence-corrected chi connectivity index (χ4v) is 1.73. The van der Waals surface area contributed by atoms with E-state index < -0.39 is 0 Å². The number of nitrogens with one attached hydrogen (secondary N) is 1. The summed E-state index contributed by atoms with van der Waals surface area (Å²) >= 11 is 0. The molecule has 18 heavy (non-hydrogen) atoms. The van der Waals surface area contributed by atoms with E-state index in [1.165, 1.54) is 5.56 Å². The Balaban J connectivity index is 1.91. The normalized spacial score (nSPS) is 10.3.